The molecule has 0 radical (unpaired) electrons. The third-order valence-corrected chi connectivity index (χ3v) is 4.55. The highest BCUT2D eigenvalue weighted by Gasteiger charge is 2.36. The lowest BCUT2D eigenvalue weighted by atomic mass is 10.1. The van der Waals surface area contributed by atoms with E-state index in [1.807, 2.05) is 6.92 Å². The normalized spacial score (nSPS) is 11.1. The number of carboxylic acids is 1. The van der Waals surface area contributed by atoms with Crippen molar-refractivity contribution in [3.63, 3.8) is 0 Å². The van der Waals surface area contributed by atoms with Crippen molar-refractivity contribution in [2.75, 3.05) is 12.4 Å². The molecule has 0 atom stereocenters. The first-order valence-corrected chi connectivity index (χ1v) is 9.33. The Labute approximate surface area is 164 Å². The molecule has 0 spiro atoms. The number of hydrogen-bond donors (Lipinski definition) is 0. The number of carbonyl (C=O) groups is 1. The molecule has 0 aliphatic heterocycles. The van der Waals surface area contributed by atoms with Crippen LogP contribution in [-0.4, -0.2) is 23.3 Å². The predicted molar refractivity (Wildman–Crippen MR) is 95.5 cm³/mol. The standard InChI is InChI=1S/C19H17F3N2O3S/c1-2-8-27-13-5-3-12(4-6-13)16-10-15(19(20,21)22)14(11-23)18(24-16)28-9-7-17(25)26/h3-6,10H,2,7-9H2,1H3,(H,25,26)/p-1. The molecule has 2 rings (SSSR count). The zero-order valence-electron chi connectivity index (χ0n) is 14.9. The second-order valence-corrected chi connectivity index (χ2v) is 6.77. The summed E-state index contributed by atoms with van der Waals surface area (Å²) in [5.41, 5.74) is -1.28. The van der Waals surface area contributed by atoms with Crippen LogP contribution in [0.5, 0.6) is 5.75 Å². The predicted octanol–water partition coefficient (Wildman–Crippen LogP) is 3.66. The Balaban J connectivity index is 2.46. The van der Waals surface area contributed by atoms with Gasteiger partial charge in [0.1, 0.15) is 16.8 Å². The lowest BCUT2D eigenvalue weighted by Crippen LogP contribution is -2.22. The Morgan fingerprint density at radius 1 is 1.32 bits per heavy atom. The number of carboxylic acid groups (broad SMARTS) is 1. The molecule has 0 fully saturated rings. The van der Waals surface area contributed by atoms with Crippen molar-refractivity contribution < 1.29 is 27.8 Å². The number of aliphatic carboxylic acids is 1. The van der Waals surface area contributed by atoms with Gasteiger partial charge >= 0.3 is 6.18 Å². The van der Waals surface area contributed by atoms with E-state index in [9.17, 15) is 28.3 Å². The van der Waals surface area contributed by atoms with E-state index in [4.69, 9.17) is 4.74 Å². The van der Waals surface area contributed by atoms with Crippen LogP contribution < -0.4 is 9.84 Å². The molecule has 0 aliphatic rings. The van der Waals surface area contributed by atoms with Crippen LogP contribution in [0.1, 0.15) is 30.9 Å². The summed E-state index contributed by atoms with van der Waals surface area (Å²) < 4.78 is 45.8. The van der Waals surface area contributed by atoms with Crippen molar-refractivity contribution in [3.8, 4) is 23.1 Å². The zero-order chi connectivity index (χ0) is 20.7. The Kier molecular flexibility index (Phi) is 7.29. The van der Waals surface area contributed by atoms with Gasteiger partial charge in [-0.3, -0.25) is 0 Å². The summed E-state index contributed by atoms with van der Waals surface area (Å²) >= 11 is 0.774. The maximum absolute atomic E-state index is 13.5. The number of thioether (sulfide) groups is 1. The highest BCUT2D eigenvalue weighted by molar-refractivity contribution is 7.99. The SMILES string of the molecule is CCCOc1ccc(-c2cc(C(F)(F)F)c(C#N)c(SCCC(=O)[O-])n2)cc1. The number of hydrogen-bond acceptors (Lipinski definition) is 6. The molecule has 0 N–H and O–H groups in total. The van der Waals surface area contributed by atoms with Crippen molar-refractivity contribution in [3.05, 3.63) is 41.5 Å². The number of halogens is 3. The zero-order valence-corrected chi connectivity index (χ0v) is 15.7. The Morgan fingerprint density at radius 2 is 2.00 bits per heavy atom. The number of carbonyl (C=O) groups excluding carboxylic acids is 1. The second kappa shape index (κ2) is 9.46. The highest BCUT2D eigenvalue weighted by Crippen LogP contribution is 2.38. The monoisotopic (exact) mass is 409 g/mol. The maximum atomic E-state index is 13.5. The first-order valence-electron chi connectivity index (χ1n) is 8.34. The summed E-state index contributed by atoms with van der Waals surface area (Å²) in [5.74, 6) is -0.811. The van der Waals surface area contributed by atoms with E-state index in [1.165, 1.54) is 6.07 Å². The molecule has 0 saturated carbocycles. The quantitative estimate of drug-likeness (QED) is 0.619. The van der Waals surface area contributed by atoms with E-state index in [1.54, 1.807) is 24.3 Å². The Bertz CT molecular complexity index is 878. The van der Waals surface area contributed by atoms with Crippen molar-refractivity contribution in [2.45, 2.75) is 31.0 Å². The topological polar surface area (TPSA) is 86.0 Å². The Hall–Kier alpha value is -2.73. The molecule has 0 saturated heterocycles. The van der Waals surface area contributed by atoms with Gasteiger partial charge < -0.3 is 14.6 Å². The first-order chi connectivity index (χ1) is 13.3. The summed E-state index contributed by atoms with van der Waals surface area (Å²) in [7, 11) is 0. The molecular formula is C19H16F3N2O3S-. The minimum atomic E-state index is -4.75. The number of nitrogens with zero attached hydrogens (tertiary/aromatic N) is 2. The number of pyridine rings is 1. The number of aromatic nitrogens is 1. The van der Waals surface area contributed by atoms with E-state index >= 15 is 0 Å². The molecule has 9 heteroatoms. The average molecular weight is 409 g/mol. The highest BCUT2D eigenvalue weighted by atomic mass is 32.2. The molecule has 5 nitrogen and oxygen atoms in total. The molecule has 1 aromatic carbocycles. The van der Waals surface area contributed by atoms with Crippen molar-refractivity contribution in [1.82, 2.24) is 4.98 Å². The van der Waals surface area contributed by atoms with Gasteiger partial charge in [-0.05, 0) is 43.2 Å². The summed E-state index contributed by atoms with van der Waals surface area (Å²) in [5, 5.41) is 19.6. The fraction of sp³-hybridized carbons (Fsp3) is 0.316. The van der Waals surface area contributed by atoms with Gasteiger partial charge in [-0.15, -0.1) is 11.8 Å². The second-order valence-electron chi connectivity index (χ2n) is 5.69. The summed E-state index contributed by atoms with van der Waals surface area (Å²) in [4.78, 5) is 14.7. The first kappa shape index (κ1) is 21.6. The lowest BCUT2D eigenvalue weighted by molar-refractivity contribution is -0.305. The number of rotatable bonds is 8. The fourth-order valence-electron chi connectivity index (χ4n) is 2.28. The van der Waals surface area contributed by atoms with Crippen LogP contribution in [0.15, 0.2) is 35.4 Å². The van der Waals surface area contributed by atoms with Gasteiger partial charge in [0.05, 0.1) is 23.4 Å². The number of alkyl halides is 3. The average Bonchev–Trinajstić information content (AvgIpc) is 2.65. The van der Waals surface area contributed by atoms with Crippen molar-refractivity contribution in [1.29, 1.82) is 5.26 Å². The lowest BCUT2D eigenvalue weighted by Gasteiger charge is -2.14. The number of nitriles is 1. The van der Waals surface area contributed by atoms with E-state index in [0.717, 1.165) is 24.2 Å². The molecule has 0 amide bonds. The smallest absolute Gasteiger partial charge is 0.417 e. The number of ether oxygens (including phenoxy) is 1. The molecule has 0 bridgehead atoms. The van der Waals surface area contributed by atoms with Gasteiger partial charge in [-0.1, -0.05) is 6.92 Å². The van der Waals surface area contributed by atoms with Gasteiger partial charge in [0.2, 0.25) is 0 Å². The van der Waals surface area contributed by atoms with Crippen molar-refractivity contribution in [2.24, 2.45) is 0 Å². The molecule has 1 heterocycles. The fourth-order valence-corrected chi connectivity index (χ4v) is 3.20. The van der Waals surface area contributed by atoms with Crippen molar-refractivity contribution >= 4 is 17.7 Å². The summed E-state index contributed by atoms with van der Waals surface area (Å²) in [6.07, 6.45) is -4.30. The molecule has 28 heavy (non-hydrogen) atoms. The van der Waals surface area contributed by atoms with Gasteiger partial charge in [0.15, 0.2) is 0 Å². The molecule has 2 aromatic rings. The van der Waals surface area contributed by atoms with Gasteiger partial charge in [0, 0.05) is 17.3 Å². The van der Waals surface area contributed by atoms with Crippen LogP contribution >= 0.6 is 11.8 Å². The van der Waals surface area contributed by atoms with Gasteiger partial charge in [0.25, 0.3) is 0 Å². The minimum Gasteiger partial charge on any atom is -0.550 e. The Morgan fingerprint density at radius 3 is 2.54 bits per heavy atom. The maximum Gasteiger partial charge on any atom is 0.417 e. The van der Waals surface area contributed by atoms with Crippen LogP contribution in [0, 0.1) is 11.3 Å². The van der Waals surface area contributed by atoms with E-state index < -0.39 is 23.3 Å². The molecule has 0 aliphatic carbocycles. The van der Waals surface area contributed by atoms with E-state index in [0.29, 0.717) is 17.9 Å². The molecule has 148 valence electrons. The molecular weight excluding hydrogens is 393 g/mol. The van der Waals surface area contributed by atoms with Crippen LogP contribution in [0.4, 0.5) is 13.2 Å². The molecule has 0 unspecified atom stereocenters. The van der Waals surface area contributed by atoms with Gasteiger partial charge in [-0.25, -0.2) is 4.98 Å². The summed E-state index contributed by atoms with van der Waals surface area (Å²) in [6.45, 7) is 2.47. The van der Waals surface area contributed by atoms with Gasteiger partial charge in [-0.2, -0.15) is 18.4 Å². The van der Waals surface area contributed by atoms with Crippen LogP contribution in [0.3, 0.4) is 0 Å². The minimum absolute atomic E-state index is 0.0318. The third kappa shape index (κ3) is 5.63. The van der Waals surface area contributed by atoms with E-state index in [2.05, 4.69) is 4.98 Å². The largest absolute Gasteiger partial charge is 0.550 e. The van der Waals surface area contributed by atoms with E-state index in [-0.39, 0.29) is 22.9 Å². The third-order valence-electron chi connectivity index (χ3n) is 3.57. The van der Waals surface area contributed by atoms with Crippen LogP contribution in [-0.2, 0) is 11.0 Å². The van der Waals surface area contributed by atoms with Crippen LogP contribution in [0.2, 0.25) is 0 Å². The number of benzene rings is 1. The summed E-state index contributed by atoms with van der Waals surface area (Å²) in [6, 6.07) is 8.77. The molecule has 1 aromatic heterocycles. The van der Waals surface area contributed by atoms with Crippen LogP contribution in [0.25, 0.3) is 11.3 Å².